The van der Waals surface area contributed by atoms with Crippen LogP contribution in [-0.2, 0) is 0 Å². The second-order valence-corrected chi connectivity index (χ2v) is 7.96. The highest BCUT2D eigenvalue weighted by atomic mass is 19.1. The van der Waals surface area contributed by atoms with Crippen LogP contribution in [0.2, 0.25) is 0 Å². The zero-order valence-electron chi connectivity index (χ0n) is 17.5. The predicted molar refractivity (Wildman–Crippen MR) is 118 cm³/mol. The Kier molecular flexibility index (Phi) is 5.60. The second-order valence-electron chi connectivity index (χ2n) is 7.96. The minimum Gasteiger partial charge on any atom is -0.440 e. The van der Waals surface area contributed by atoms with Crippen molar-refractivity contribution in [3.05, 3.63) is 94.5 Å². The molecule has 5 rings (SSSR count). The molecule has 5 nitrogen and oxygen atoms in total. The van der Waals surface area contributed by atoms with Crippen molar-refractivity contribution in [2.24, 2.45) is 0 Å². The zero-order valence-corrected chi connectivity index (χ0v) is 17.5. The summed E-state index contributed by atoms with van der Waals surface area (Å²) in [5.41, 5.74) is 0.462. The lowest BCUT2D eigenvalue weighted by molar-refractivity contribution is 0.378. The minimum absolute atomic E-state index is 0.0414. The number of nitrogens with zero attached hydrogens (tertiary/aromatic N) is 2. The van der Waals surface area contributed by atoms with E-state index < -0.39 is 23.0 Å². The maximum atomic E-state index is 14.7. The summed E-state index contributed by atoms with van der Waals surface area (Å²) in [6.45, 7) is 1.61. The van der Waals surface area contributed by atoms with Gasteiger partial charge in [-0.1, -0.05) is 12.1 Å². The van der Waals surface area contributed by atoms with E-state index in [9.17, 15) is 18.0 Å². The van der Waals surface area contributed by atoms with Crippen LogP contribution >= 0.6 is 0 Å². The van der Waals surface area contributed by atoms with Gasteiger partial charge in [0.1, 0.15) is 23.1 Å². The van der Waals surface area contributed by atoms with Crippen LogP contribution in [0.1, 0.15) is 24.7 Å². The van der Waals surface area contributed by atoms with Gasteiger partial charge in [0.15, 0.2) is 11.7 Å². The average molecular weight is 451 g/mol. The largest absolute Gasteiger partial charge is 0.440 e. The molecule has 4 aromatic rings. The molecule has 8 heteroatoms. The Morgan fingerprint density at radius 2 is 1.76 bits per heavy atom. The van der Waals surface area contributed by atoms with E-state index in [4.69, 9.17) is 4.42 Å². The molecular formula is C25H20F3N3O2. The number of aromatic nitrogens is 2. The molecule has 0 bridgehead atoms. The summed E-state index contributed by atoms with van der Waals surface area (Å²) in [5.74, 6) is -1.42. The molecule has 1 fully saturated rings. The summed E-state index contributed by atoms with van der Waals surface area (Å²) in [6.07, 6.45) is 3.07. The first-order valence-electron chi connectivity index (χ1n) is 10.7. The highest BCUT2D eigenvalue weighted by Crippen LogP contribution is 2.37. The fourth-order valence-electron chi connectivity index (χ4n) is 4.09. The Morgan fingerprint density at radius 3 is 2.52 bits per heavy atom. The molecule has 0 aliphatic carbocycles. The number of nitrogens with one attached hydrogen (secondary N) is 1. The van der Waals surface area contributed by atoms with Crippen molar-refractivity contribution in [2.75, 3.05) is 13.1 Å². The topological polar surface area (TPSA) is 60.1 Å². The third-order valence-electron chi connectivity index (χ3n) is 5.80. The standard InChI is InChI=1S/C25H20F3N3O2/c26-17-6-7-18(20(28)13-17)24-23(30-25(33-24)15-9-11-29-12-10-15)16-5-8-22(32)31(14-16)21-4-2-1-3-19(21)27/h1-8,13-15,29H,9-12H2. The number of piperidine rings is 1. The van der Waals surface area contributed by atoms with Gasteiger partial charge in [0, 0.05) is 29.8 Å². The van der Waals surface area contributed by atoms with E-state index >= 15 is 0 Å². The van der Waals surface area contributed by atoms with E-state index in [1.807, 2.05) is 0 Å². The zero-order chi connectivity index (χ0) is 22.9. The van der Waals surface area contributed by atoms with Crippen molar-refractivity contribution in [3.8, 4) is 28.3 Å². The van der Waals surface area contributed by atoms with Crippen molar-refractivity contribution >= 4 is 0 Å². The first-order valence-corrected chi connectivity index (χ1v) is 10.7. The fourth-order valence-corrected chi connectivity index (χ4v) is 4.09. The monoisotopic (exact) mass is 451 g/mol. The number of hydrogen-bond donors (Lipinski definition) is 1. The smallest absolute Gasteiger partial charge is 0.255 e. The second kappa shape index (κ2) is 8.71. The third kappa shape index (κ3) is 4.09. The number of pyridine rings is 1. The molecule has 0 unspecified atom stereocenters. The maximum absolute atomic E-state index is 14.7. The summed E-state index contributed by atoms with van der Waals surface area (Å²) in [6, 6.07) is 12.0. The van der Waals surface area contributed by atoms with Gasteiger partial charge >= 0.3 is 0 Å². The van der Waals surface area contributed by atoms with Gasteiger partial charge in [-0.15, -0.1) is 0 Å². The van der Waals surface area contributed by atoms with Crippen molar-refractivity contribution in [3.63, 3.8) is 0 Å². The lowest BCUT2D eigenvalue weighted by Gasteiger charge is -2.19. The molecule has 0 amide bonds. The molecular weight excluding hydrogens is 431 g/mol. The van der Waals surface area contributed by atoms with Gasteiger partial charge in [-0.05, 0) is 56.3 Å². The molecule has 1 N–H and O–H groups in total. The van der Waals surface area contributed by atoms with Gasteiger partial charge in [-0.3, -0.25) is 9.36 Å². The molecule has 0 atom stereocenters. The molecule has 0 saturated carbocycles. The van der Waals surface area contributed by atoms with Crippen LogP contribution in [0.5, 0.6) is 0 Å². The molecule has 2 aromatic carbocycles. The molecule has 33 heavy (non-hydrogen) atoms. The first kappa shape index (κ1) is 21.2. The average Bonchev–Trinajstić information content (AvgIpc) is 3.26. The van der Waals surface area contributed by atoms with Crippen LogP contribution in [-0.4, -0.2) is 22.6 Å². The molecule has 1 saturated heterocycles. The van der Waals surface area contributed by atoms with E-state index in [-0.39, 0.29) is 22.9 Å². The van der Waals surface area contributed by atoms with Crippen molar-refractivity contribution in [1.82, 2.24) is 14.9 Å². The molecule has 0 radical (unpaired) electrons. The molecule has 1 aliphatic rings. The molecule has 1 aliphatic heterocycles. The Bertz CT molecular complexity index is 1370. The van der Waals surface area contributed by atoms with Crippen LogP contribution in [0, 0.1) is 17.5 Å². The van der Waals surface area contributed by atoms with Gasteiger partial charge in [-0.25, -0.2) is 18.2 Å². The summed E-state index contributed by atoms with van der Waals surface area (Å²) >= 11 is 0. The van der Waals surface area contributed by atoms with E-state index in [0.717, 1.165) is 38.1 Å². The third-order valence-corrected chi connectivity index (χ3v) is 5.80. The Morgan fingerprint density at radius 1 is 0.970 bits per heavy atom. The van der Waals surface area contributed by atoms with Crippen LogP contribution in [0.4, 0.5) is 13.2 Å². The highest BCUT2D eigenvalue weighted by Gasteiger charge is 2.26. The summed E-state index contributed by atoms with van der Waals surface area (Å²) in [4.78, 5) is 17.2. The first-order chi connectivity index (χ1) is 16.0. The fraction of sp³-hybridized carbons (Fsp3) is 0.200. The number of oxazole rings is 1. The lowest BCUT2D eigenvalue weighted by Crippen LogP contribution is -2.26. The Labute approximate surface area is 187 Å². The minimum atomic E-state index is -0.785. The van der Waals surface area contributed by atoms with Crippen molar-refractivity contribution in [2.45, 2.75) is 18.8 Å². The number of benzene rings is 2. The van der Waals surface area contributed by atoms with Crippen LogP contribution < -0.4 is 10.9 Å². The number of hydrogen-bond acceptors (Lipinski definition) is 4. The molecule has 0 spiro atoms. The summed E-state index contributed by atoms with van der Waals surface area (Å²) < 4.78 is 49.9. The molecule has 2 aromatic heterocycles. The summed E-state index contributed by atoms with van der Waals surface area (Å²) in [7, 11) is 0. The normalized spacial score (nSPS) is 14.5. The van der Waals surface area contributed by atoms with Gasteiger partial charge in [0.25, 0.3) is 5.56 Å². The molecule has 168 valence electrons. The lowest BCUT2D eigenvalue weighted by atomic mass is 9.98. The summed E-state index contributed by atoms with van der Waals surface area (Å²) in [5, 5.41) is 3.28. The van der Waals surface area contributed by atoms with Crippen molar-refractivity contribution < 1.29 is 17.6 Å². The van der Waals surface area contributed by atoms with Crippen LogP contribution in [0.15, 0.2) is 70.0 Å². The number of rotatable bonds is 4. The highest BCUT2D eigenvalue weighted by molar-refractivity contribution is 5.77. The van der Waals surface area contributed by atoms with Crippen LogP contribution in [0.25, 0.3) is 28.3 Å². The van der Waals surface area contributed by atoms with Gasteiger partial charge in [-0.2, -0.15) is 0 Å². The van der Waals surface area contributed by atoms with E-state index in [1.54, 1.807) is 6.07 Å². The van der Waals surface area contributed by atoms with E-state index in [0.29, 0.717) is 17.1 Å². The van der Waals surface area contributed by atoms with Gasteiger partial charge < -0.3 is 9.73 Å². The van der Waals surface area contributed by atoms with Gasteiger partial charge in [0.05, 0.1) is 11.3 Å². The quantitative estimate of drug-likeness (QED) is 0.472. The van der Waals surface area contributed by atoms with E-state index in [2.05, 4.69) is 10.3 Å². The SMILES string of the molecule is O=c1ccc(-c2nc(C3CCNCC3)oc2-c2ccc(F)cc2F)cn1-c1ccccc1F. The number of para-hydroxylation sites is 1. The Hall–Kier alpha value is -3.65. The maximum Gasteiger partial charge on any atom is 0.255 e. The van der Waals surface area contributed by atoms with Crippen molar-refractivity contribution in [1.29, 1.82) is 0 Å². The van der Waals surface area contributed by atoms with E-state index in [1.165, 1.54) is 47.2 Å². The Balaban J connectivity index is 1.68. The predicted octanol–water partition coefficient (Wildman–Crippen LogP) is 5.04. The van der Waals surface area contributed by atoms with Crippen LogP contribution in [0.3, 0.4) is 0 Å². The van der Waals surface area contributed by atoms with Gasteiger partial charge in [0.2, 0.25) is 0 Å². The number of halogens is 3. The molecule has 3 heterocycles.